The number of aliphatic hydroxyl groups is 1. The third-order valence-corrected chi connectivity index (χ3v) is 0. The maximum absolute atomic E-state index is 7.00. The largest absolute Gasteiger partial charge is 0.552 e. The number of halogens is 2. The van der Waals surface area contributed by atoms with Crippen molar-refractivity contribution in [1.82, 2.24) is 0 Å². The van der Waals surface area contributed by atoms with Gasteiger partial charge in [0, 0.05) is 7.11 Å². The molecule has 0 bridgehead atoms. The first-order valence-corrected chi connectivity index (χ1v) is 11.2. The lowest BCUT2D eigenvalue weighted by Crippen LogP contribution is -1.30. The monoisotopic (exact) mass is 310 g/mol. The predicted octanol–water partition coefficient (Wildman–Crippen LogP) is 0.999. The zero-order valence-electron chi connectivity index (χ0n) is 2.91. The first kappa shape index (κ1) is 10.2. The third-order valence-electron chi connectivity index (χ3n) is 0. The van der Waals surface area contributed by atoms with Crippen LogP contribution in [0.2, 0.25) is 0 Å². The third kappa shape index (κ3) is 22.7. The quantitative estimate of drug-likeness (QED) is 0.523. The molecule has 0 aliphatic heterocycles. The number of rotatable bonds is 0. The first-order valence-electron chi connectivity index (χ1n) is 0.982. The molecule has 0 saturated heterocycles. The summed E-state index contributed by atoms with van der Waals surface area (Å²) in [4.78, 5) is 0. The molecular formula is CH4I2MgO. The van der Waals surface area contributed by atoms with Crippen LogP contribution >= 0.6 is 37.7 Å². The molecule has 0 atom stereocenters. The topological polar surface area (TPSA) is 20.2 Å². The van der Waals surface area contributed by atoms with E-state index >= 15 is 0 Å². The lowest BCUT2D eigenvalue weighted by molar-refractivity contribution is 0.399. The maximum atomic E-state index is 7.00. The summed E-state index contributed by atoms with van der Waals surface area (Å²) in [6.45, 7) is 0. The van der Waals surface area contributed by atoms with Gasteiger partial charge in [0.05, 0.1) is 0 Å². The fraction of sp³-hybridized carbons (Fsp3) is 1.00. The Morgan fingerprint density at radius 1 is 1.40 bits per heavy atom. The average Bonchev–Trinajstić information content (AvgIpc) is 1.46. The first-order chi connectivity index (χ1) is 2.41. The van der Waals surface area contributed by atoms with Crippen LogP contribution in [0.1, 0.15) is 0 Å². The van der Waals surface area contributed by atoms with Crippen LogP contribution in [0.25, 0.3) is 0 Å². The van der Waals surface area contributed by atoms with Crippen molar-refractivity contribution in [3.05, 3.63) is 0 Å². The van der Waals surface area contributed by atoms with E-state index in [4.69, 9.17) is 5.11 Å². The van der Waals surface area contributed by atoms with E-state index in [1.807, 2.05) is 0 Å². The van der Waals surface area contributed by atoms with Gasteiger partial charge in [-0.05, 0) is 0 Å². The molecule has 0 rings (SSSR count). The highest BCUT2D eigenvalue weighted by atomic mass is 127. The van der Waals surface area contributed by atoms with Crippen molar-refractivity contribution in [2.45, 2.75) is 0 Å². The van der Waals surface area contributed by atoms with Gasteiger partial charge < -0.3 is 5.11 Å². The molecule has 0 aromatic heterocycles. The summed E-state index contributed by atoms with van der Waals surface area (Å²) in [5.74, 6) is 0. The zero-order valence-corrected chi connectivity index (χ0v) is 8.64. The van der Waals surface area contributed by atoms with Crippen LogP contribution in [-0.2, 0) is 0 Å². The highest BCUT2D eigenvalue weighted by molar-refractivity contribution is 14.3. The van der Waals surface area contributed by atoms with Gasteiger partial charge in [0.15, 0.2) is 0 Å². The number of aliphatic hydroxyl groups excluding tert-OH is 1. The predicted molar refractivity (Wildman–Crippen MR) is 41.9 cm³/mol. The van der Waals surface area contributed by atoms with Crippen molar-refractivity contribution in [3.63, 3.8) is 0 Å². The van der Waals surface area contributed by atoms with E-state index in [0.29, 0.717) is 12.6 Å². The summed E-state index contributed by atoms with van der Waals surface area (Å²) in [7, 11) is 1.00. The molecule has 0 saturated carbocycles. The van der Waals surface area contributed by atoms with Crippen LogP contribution in [0, 0.1) is 0 Å². The molecule has 5 heavy (non-hydrogen) atoms. The Labute approximate surface area is 61.4 Å². The Morgan fingerprint density at radius 2 is 1.40 bits per heavy atom. The van der Waals surface area contributed by atoms with Crippen LogP contribution < -0.4 is 0 Å². The van der Waals surface area contributed by atoms with E-state index < -0.39 is 0 Å². The zero-order chi connectivity index (χ0) is 4.71. The van der Waals surface area contributed by atoms with Gasteiger partial charge in [-0.2, -0.15) is 0 Å². The minimum atomic E-state index is 0.357. The lowest BCUT2D eigenvalue weighted by Gasteiger charge is -1.33. The summed E-state index contributed by atoms with van der Waals surface area (Å²) in [6.07, 6.45) is 0. The van der Waals surface area contributed by atoms with Crippen LogP contribution in [0.5, 0.6) is 0 Å². The van der Waals surface area contributed by atoms with Crippen molar-refractivity contribution in [2.24, 2.45) is 0 Å². The lowest BCUT2D eigenvalue weighted by atomic mass is 11.8. The van der Waals surface area contributed by atoms with Gasteiger partial charge >= 0.3 is 12.6 Å². The Kier molecular flexibility index (Phi) is 33.5. The standard InChI is InChI=1S/CH4O.2HI.Mg/c1-2;;;/h2H,1H3;2*1H;/q;;;+2/p-2. The van der Waals surface area contributed by atoms with Gasteiger partial charge in [-0.15, -0.1) is 0 Å². The Hall–Kier alpha value is 2.19. The second kappa shape index (κ2) is 16.4. The molecule has 1 nitrogen and oxygen atoms in total. The second-order valence-electron chi connectivity index (χ2n) is 0.101. The minimum absolute atomic E-state index is 0.357. The molecule has 1 N–H and O–H groups in total. The summed E-state index contributed by atoms with van der Waals surface area (Å²) in [5.41, 5.74) is 0. The molecule has 0 fully saturated rings. The molecule has 0 aromatic rings. The maximum Gasteiger partial charge on any atom is 0.552 e. The number of hydrogen-bond acceptors (Lipinski definition) is 1. The average molecular weight is 310 g/mol. The highest BCUT2D eigenvalue weighted by Gasteiger charge is 1.61. The van der Waals surface area contributed by atoms with Crippen molar-refractivity contribution in [1.29, 1.82) is 0 Å². The van der Waals surface area contributed by atoms with E-state index in [0.717, 1.165) is 7.11 Å². The Bertz CT molecular complexity index is 9.61. The molecule has 0 amide bonds. The molecule has 30 valence electrons. The SMILES string of the molecule is CO.[I][Mg][I]. The van der Waals surface area contributed by atoms with Gasteiger partial charge in [-0.25, -0.2) is 0 Å². The van der Waals surface area contributed by atoms with Gasteiger partial charge in [0.2, 0.25) is 0 Å². The molecule has 0 spiro atoms. The van der Waals surface area contributed by atoms with E-state index in [1.165, 1.54) is 0 Å². The van der Waals surface area contributed by atoms with E-state index in [1.54, 1.807) is 0 Å². The van der Waals surface area contributed by atoms with Gasteiger partial charge in [0.1, 0.15) is 0 Å². The Balaban J connectivity index is 0. The Morgan fingerprint density at radius 3 is 1.40 bits per heavy atom. The molecule has 0 aromatic carbocycles. The van der Waals surface area contributed by atoms with E-state index in [-0.39, 0.29) is 0 Å². The van der Waals surface area contributed by atoms with Crippen LogP contribution in [0.4, 0.5) is 0 Å². The summed E-state index contributed by atoms with van der Waals surface area (Å²) in [6, 6.07) is 0. The fourth-order valence-electron chi connectivity index (χ4n) is 0. The summed E-state index contributed by atoms with van der Waals surface area (Å²) >= 11 is 5.18. The molecule has 0 radical (unpaired) electrons. The van der Waals surface area contributed by atoms with Gasteiger partial charge in [-0.1, -0.05) is 0 Å². The summed E-state index contributed by atoms with van der Waals surface area (Å²) < 4.78 is 0. The minimum Gasteiger partial charge on any atom is -0.400 e. The van der Waals surface area contributed by atoms with Crippen molar-refractivity contribution < 1.29 is 5.11 Å². The van der Waals surface area contributed by atoms with Crippen molar-refractivity contribution in [2.75, 3.05) is 7.11 Å². The molecule has 0 aliphatic carbocycles. The number of hydrogen-bond donors (Lipinski definition) is 1. The van der Waals surface area contributed by atoms with Crippen LogP contribution in [0.3, 0.4) is 0 Å². The molecule has 0 aliphatic rings. The molecule has 0 heterocycles. The second-order valence-corrected chi connectivity index (χ2v) is 13.6. The van der Waals surface area contributed by atoms with Crippen LogP contribution in [-0.4, -0.2) is 24.8 Å². The molecular weight excluding hydrogens is 306 g/mol. The fourth-order valence-corrected chi connectivity index (χ4v) is 0. The molecule has 4 heteroatoms. The smallest absolute Gasteiger partial charge is 0.400 e. The van der Waals surface area contributed by atoms with Crippen molar-refractivity contribution in [3.8, 4) is 0 Å². The van der Waals surface area contributed by atoms with Crippen molar-refractivity contribution >= 4 is 50.3 Å². The van der Waals surface area contributed by atoms with Crippen LogP contribution in [0.15, 0.2) is 0 Å². The van der Waals surface area contributed by atoms with E-state index in [9.17, 15) is 0 Å². The highest BCUT2D eigenvalue weighted by Crippen LogP contribution is 1.80. The van der Waals surface area contributed by atoms with E-state index in [2.05, 4.69) is 37.7 Å². The van der Waals surface area contributed by atoms with Gasteiger partial charge in [-0.3, -0.25) is 37.7 Å². The van der Waals surface area contributed by atoms with Gasteiger partial charge in [0.25, 0.3) is 0 Å². The normalized spacial score (nSPS) is 3.20. The molecule has 0 unspecified atom stereocenters. The summed E-state index contributed by atoms with van der Waals surface area (Å²) in [5, 5.41) is 7.00.